The Morgan fingerprint density at radius 2 is 1.58 bits per heavy atom. The van der Waals surface area contributed by atoms with Crippen LogP contribution in [-0.4, -0.2) is 61.1 Å². The number of likely N-dealkylation sites (tertiary alicyclic amines) is 1. The lowest BCUT2D eigenvalue weighted by atomic mass is 10.0. The van der Waals surface area contributed by atoms with Gasteiger partial charge in [-0.3, -0.25) is 9.59 Å². The average Bonchev–Trinajstić information content (AvgIpc) is 3.43. The van der Waals surface area contributed by atoms with E-state index in [2.05, 4.69) is 24.1 Å². The first kappa shape index (κ1) is 29.7. The van der Waals surface area contributed by atoms with Crippen LogP contribution in [0.5, 0.6) is 11.5 Å². The summed E-state index contributed by atoms with van der Waals surface area (Å²) in [5.74, 6) is 2.05. The highest BCUT2D eigenvalue weighted by Gasteiger charge is 2.26. The predicted molar refractivity (Wildman–Crippen MR) is 150 cm³/mol. The monoisotopic (exact) mass is 524 g/mol. The van der Waals surface area contributed by atoms with Crippen molar-refractivity contribution >= 4 is 11.7 Å². The number of ether oxygens (including phenoxy) is 2. The third-order valence-electron chi connectivity index (χ3n) is 7.04. The van der Waals surface area contributed by atoms with Crippen LogP contribution in [0.1, 0.15) is 80.8 Å². The number of hydrogen-bond acceptors (Lipinski definition) is 6. The van der Waals surface area contributed by atoms with Gasteiger partial charge in [0.05, 0.1) is 19.8 Å². The van der Waals surface area contributed by atoms with Gasteiger partial charge in [0.25, 0.3) is 0 Å². The van der Waals surface area contributed by atoms with Crippen molar-refractivity contribution in [3.05, 3.63) is 59.7 Å². The van der Waals surface area contributed by atoms with Gasteiger partial charge in [-0.05, 0) is 93.1 Å². The van der Waals surface area contributed by atoms with Crippen molar-refractivity contribution in [3.63, 3.8) is 0 Å². The maximum absolute atomic E-state index is 12.8. The third kappa shape index (κ3) is 9.76. The number of Topliss-reactive ketones (excluding diaryl/α,β-unsaturated/α-hetero) is 1. The Labute approximate surface area is 227 Å². The zero-order chi connectivity index (χ0) is 27.3. The summed E-state index contributed by atoms with van der Waals surface area (Å²) in [4.78, 5) is 27.5. The van der Waals surface area contributed by atoms with Gasteiger partial charge >= 0.3 is 0 Å². The minimum Gasteiger partial charge on any atom is -0.497 e. The van der Waals surface area contributed by atoms with Crippen LogP contribution >= 0.6 is 0 Å². The first-order valence-electron chi connectivity index (χ1n) is 14.0. The van der Waals surface area contributed by atoms with Crippen molar-refractivity contribution in [2.24, 2.45) is 5.92 Å². The average molecular weight is 525 g/mol. The third-order valence-corrected chi connectivity index (χ3v) is 7.04. The van der Waals surface area contributed by atoms with E-state index in [4.69, 9.17) is 9.47 Å². The number of ketones is 1. The maximum Gasteiger partial charge on any atom is 0.220 e. The van der Waals surface area contributed by atoms with Crippen LogP contribution in [0, 0.1) is 5.92 Å². The Balaban J connectivity index is 1.49. The van der Waals surface area contributed by atoms with Crippen LogP contribution in [0.3, 0.4) is 0 Å². The molecule has 1 fully saturated rings. The lowest BCUT2D eigenvalue weighted by Gasteiger charge is -2.29. The van der Waals surface area contributed by atoms with E-state index in [-0.39, 0.29) is 11.7 Å². The molecule has 3 rings (SSSR count). The first-order chi connectivity index (χ1) is 18.4. The fourth-order valence-corrected chi connectivity index (χ4v) is 4.65. The largest absolute Gasteiger partial charge is 0.497 e. The molecule has 1 heterocycles. The van der Waals surface area contributed by atoms with E-state index < -0.39 is 12.1 Å². The SMILES string of the molecule is COc1ccc(C(=O)CCCCC(=O)N[C@H](CN2CCCC2)[C@H](O)c2ccc(OCCC(C)C)cc2)cc1. The molecule has 38 heavy (non-hydrogen) atoms. The fourth-order valence-electron chi connectivity index (χ4n) is 4.65. The molecule has 7 nitrogen and oxygen atoms in total. The molecule has 2 atom stereocenters. The van der Waals surface area contributed by atoms with E-state index in [0.29, 0.717) is 50.3 Å². The van der Waals surface area contributed by atoms with Crippen molar-refractivity contribution in [1.29, 1.82) is 0 Å². The molecule has 0 aromatic heterocycles. The van der Waals surface area contributed by atoms with Crippen LogP contribution in [0.4, 0.5) is 0 Å². The number of nitrogens with one attached hydrogen (secondary N) is 1. The molecular weight excluding hydrogens is 480 g/mol. The van der Waals surface area contributed by atoms with Crippen molar-refractivity contribution in [1.82, 2.24) is 10.2 Å². The number of methoxy groups -OCH3 is 1. The highest BCUT2D eigenvalue weighted by molar-refractivity contribution is 5.96. The minimum atomic E-state index is -0.819. The van der Waals surface area contributed by atoms with Gasteiger partial charge in [0.15, 0.2) is 5.78 Å². The van der Waals surface area contributed by atoms with Gasteiger partial charge in [-0.15, -0.1) is 0 Å². The van der Waals surface area contributed by atoms with Crippen LogP contribution < -0.4 is 14.8 Å². The molecule has 7 heteroatoms. The summed E-state index contributed by atoms with van der Waals surface area (Å²) >= 11 is 0. The molecule has 0 radical (unpaired) electrons. The summed E-state index contributed by atoms with van der Waals surface area (Å²) in [6.45, 7) is 7.57. The van der Waals surface area contributed by atoms with Crippen molar-refractivity contribution in [2.45, 2.75) is 70.9 Å². The van der Waals surface area contributed by atoms with Gasteiger partial charge in [-0.1, -0.05) is 26.0 Å². The van der Waals surface area contributed by atoms with Gasteiger partial charge < -0.3 is 24.8 Å². The van der Waals surface area contributed by atoms with E-state index in [9.17, 15) is 14.7 Å². The second-order valence-electron chi connectivity index (χ2n) is 10.6. The molecule has 2 N–H and O–H groups in total. The maximum atomic E-state index is 12.8. The van der Waals surface area contributed by atoms with Crippen LogP contribution in [0.15, 0.2) is 48.5 Å². The summed E-state index contributed by atoms with van der Waals surface area (Å²) in [7, 11) is 1.59. The Hall–Kier alpha value is -2.90. The molecule has 1 aliphatic rings. The topological polar surface area (TPSA) is 88.1 Å². The van der Waals surface area contributed by atoms with E-state index in [1.165, 1.54) is 0 Å². The highest BCUT2D eigenvalue weighted by Crippen LogP contribution is 2.23. The van der Waals surface area contributed by atoms with E-state index >= 15 is 0 Å². The number of aliphatic hydroxyl groups excluding tert-OH is 1. The van der Waals surface area contributed by atoms with Crippen LogP contribution in [-0.2, 0) is 4.79 Å². The summed E-state index contributed by atoms with van der Waals surface area (Å²) in [6, 6.07) is 14.2. The molecule has 0 saturated carbocycles. The number of carbonyl (C=O) groups excluding carboxylic acids is 2. The van der Waals surface area contributed by atoms with Crippen molar-refractivity contribution < 1.29 is 24.2 Å². The first-order valence-corrected chi connectivity index (χ1v) is 14.0. The summed E-state index contributed by atoms with van der Waals surface area (Å²) in [5, 5.41) is 14.3. The quantitative estimate of drug-likeness (QED) is 0.232. The Bertz CT molecular complexity index is 984. The Morgan fingerprint density at radius 1 is 0.947 bits per heavy atom. The summed E-state index contributed by atoms with van der Waals surface area (Å²) < 4.78 is 10.9. The van der Waals surface area contributed by atoms with E-state index in [0.717, 1.165) is 49.4 Å². The second-order valence-corrected chi connectivity index (χ2v) is 10.6. The molecule has 1 saturated heterocycles. The predicted octanol–water partition coefficient (Wildman–Crippen LogP) is 5.18. The number of unbranched alkanes of at least 4 members (excludes halogenated alkanes) is 1. The summed E-state index contributed by atoms with van der Waals surface area (Å²) in [5.41, 5.74) is 1.41. The summed E-state index contributed by atoms with van der Waals surface area (Å²) in [6.07, 6.45) is 4.42. The molecule has 1 amide bonds. The van der Waals surface area contributed by atoms with Gasteiger partial charge in [0.1, 0.15) is 17.6 Å². The number of amides is 1. The Morgan fingerprint density at radius 3 is 2.21 bits per heavy atom. The van der Waals surface area contributed by atoms with Crippen molar-refractivity contribution in [3.8, 4) is 11.5 Å². The number of aliphatic hydroxyl groups is 1. The molecule has 0 bridgehead atoms. The highest BCUT2D eigenvalue weighted by atomic mass is 16.5. The lowest BCUT2D eigenvalue weighted by molar-refractivity contribution is -0.123. The van der Waals surface area contributed by atoms with Gasteiger partial charge in [-0.25, -0.2) is 0 Å². The second kappa shape index (κ2) is 15.5. The Kier molecular flexibility index (Phi) is 12.1. The zero-order valence-corrected chi connectivity index (χ0v) is 23.2. The van der Waals surface area contributed by atoms with Crippen LogP contribution in [0.25, 0.3) is 0 Å². The number of carbonyl (C=O) groups is 2. The number of hydrogen-bond donors (Lipinski definition) is 2. The fraction of sp³-hybridized carbons (Fsp3) is 0.548. The smallest absolute Gasteiger partial charge is 0.220 e. The molecule has 0 unspecified atom stereocenters. The van der Waals surface area contributed by atoms with Crippen LogP contribution in [0.2, 0.25) is 0 Å². The van der Waals surface area contributed by atoms with Gasteiger partial charge in [0.2, 0.25) is 5.91 Å². The van der Waals surface area contributed by atoms with E-state index in [1.54, 1.807) is 31.4 Å². The van der Waals surface area contributed by atoms with Gasteiger partial charge in [0, 0.05) is 24.9 Å². The van der Waals surface area contributed by atoms with Crippen molar-refractivity contribution in [2.75, 3.05) is 33.4 Å². The minimum absolute atomic E-state index is 0.0621. The standard InChI is InChI=1S/C31H44N2O5/c1-23(2)18-21-38-27-16-12-25(13-17-27)31(36)28(22-33-19-6-7-20-33)32-30(35)9-5-4-8-29(34)24-10-14-26(37-3)15-11-24/h10-17,23,28,31,36H,4-9,18-22H2,1-3H3,(H,32,35)/t28-,31-/m1/s1. The zero-order valence-electron chi connectivity index (χ0n) is 23.2. The molecule has 0 aliphatic carbocycles. The lowest BCUT2D eigenvalue weighted by Crippen LogP contribution is -2.46. The molecule has 0 spiro atoms. The normalized spacial score (nSPS) is 15.3. The molecule has 2 aromatic rings. The van der Waals surface area contributed by atoms with E-state index in [1.807, 2.05) is 24.3 Å². The van der Waals surface area contributed by atoms with Gasteiger partial charge in [-0.2, -0.15) is 0 Å². The number of nitrogens with zero attached hydrogens (tertiary/aromatic N) is 1. The molecule has 1 aliphatic heterocycles. The number of rotatable bonds is 16. The molecule has 208 valence electrons. The molecule has 2 aromatic carbocycles. The molecular formula is C31H44N2O5. The number of benzene rings is 2.